The number of amides is 1. The monoisotopic (exact) mass is 319 g/mol. The molecule has 1 fully saturated rings. The van der Waals surface area contributed by atoms with E-state index in [1.54, 1.807) is 4.90 Å². The number of piperidine rings is 1. The van der Waals surface area contributed by atoms with E-state index in [1.807, 2.05) is 38.1 Å². The Labute approximate surface area is 136 Å². The van der Waals surface area contributed by atoms with E-state index >= 15 is 0 Å². The molecule has 1 aromatic carbocycles. The van der Waals surface area contributed by atoms with Crippen LogP contribution in [0.25, 0.3) is 0 Å². The van der Waals surface area contributed by atoms with E-state index in [9.17, 15) is 19.8 Å². The number of aryl methyl sites for hydroxylation is 1. The molecule has 0 saturated carbocycles. The summed E-state index contributed by atoms with van der Waals surface area (Å²) in [6, 6.07) is 7.72. The number of nitrogens with zero attached hydrogens (tertiary/aromatic N) is 1. The van der Waals surface area contributed by atoms with Gasteiger partial charge in [0.15, 0.2) is 0 Å². The summed E-state index contributed by atoms with van der Waals surface area (Å²) < 4.78 is 0. The lowest BCUT2D eigenvalue weighted by Gasteiger charge is -2.42. The molecular formula is C18H25NO4. The predicted octanol–water partition coefficient (Wildman–Crippen LogP) is 2.00. The summed E-state index contributed by atoms with van der Waals surface area (Å²) in [6.45, 7) is 4.35. The Bertz CT molecular complexity index is 586. The molecule has 2 rings (SSSR count). The second-order valence-corrected chi connectivity index (χ2v) is 6.42. The number of carbonyl (C=O) groups excluding carboxylic acids is 1. The molecule has 0 radical (unpaired) electrons. The number of carbonyl (C=O) groups is 2. The number of aliphatic hydroxyl groups is 1. The van der Waals surface area contributed by atoms with E-state index in [0.29, 0.717) is 25.8 Å². The summed E-state index contributed by atoms with van der Waals surface area (Å²) in [7, 11) is 0. The van der Waals surface area contributed by atoms with Crippen LogP contribution in [0.4, 0.5) is 0 Å². The molecule has 5 nitrogen and oxygen atoms in total. The molecule has 1 aliphatic heterocycles. The lowest BCUT2D eigenvalue weighted by Crippen LogP contribution is -2.56. The van der Waals surface area contributed by atoms with E-state index in [4.69, 9.17) is 0 Å². The topological polar surface area (TPSA) is 77.8 Å². The lowest BCUT2D eigenvalue weighted by atomic mass is 9.72. The fourth-order valence-electron chi connectivity index (χ4n) is 3.38. The average Bonchev–Trinajstić information content (AvgIpc) is 2.51. The van der Waals surface area contributed by atoms with Crippen molar-refractivity contribution in [3.8, 4) is 0 Å². The minimum atomic E-state index is -1.12. The van der Waals surface area contributed by atoms with Crippen LogP contribution in [0, 0.1) is 12.3 Å². The van der Waals surface area contributed by atoms with Gasteiger partial charge in [-0.2, -0.15) is 0 Å². The Morgan fingerprint density at radius 2 is 2.04 bits per heavy atom. The summed E-state index contributed by atoms with van der Waals surface area (Å²) in [5.74, 6) is -1.02. The Morgan fingerprint density at radius 1 is 1.35 bits per heavy atom. The Kier molecular flexibility index (Phi) is 5.42. The predicted molar refractivity (Wildman–Crippen MR) is 87.1 cm³/mol. The fraction of sp³-hybridized carbons (Fsp3) is 0.556. The largest absolute Gasteiger partial charge is 0.481 e. The first-order chi connectivity index (χ1) is 10.9. The molecule has 0 bridgehead atoms. The molecule has 1 amide bonds. The van der Waals surface area contributed by atoms with Gasteiger partial charge in [0, 0.05) is 13.1 Å². The van der Waals surface area contributed by atoms with Crippen molar-refractivity contribution in [3.05, 3.63) is 35.4 Å². The molecule has 1 aliphatic rings. The summed E-state index contributed by atoms with van der Waals surface area (Å²) in [4.78, 5) is 25.7. The molecule has 2 atom stereocenters. The van der Waals surface area contributed by atoms with Crippen LogP contribution in [0.5, 0.6) is 0 Å². The highest BCUT2D eigenvalue weighted by Crippen LogP contribution is 2.37. The molecule has 1 heterocycles. The van der Waals surface area contributed by atoms with Gasteiger partial charge in [0.2, 0.25) is 5.91 Å². The molecule has 2 N–H and O–H groups in total. The van der Waals surface area contributed by atoms with Crippen molar-refractivity contribution in [2.75, 3.05) is 13.1 Å². The van der Waals surface area contributed by atoms with Crippen LogP contribution in [-0.2, 0) is 16.0 Å². The van der Waals surface area contributed by atoms with Crippen LogP contribution in [-0.4, -0.2) is 46.2 Å². The van der Waals surface area contributed by atoms with Crippen LogP contribution in [0.1, 0.15) is 37.3 Å². The van der Waals surface area contributed by atoms with Crippen molar-refractivity contribution in [3.63, 3.8) is 0 Å². The number of carboxylic acid groups (broad SMARTS) is 1. The second kappa shape index (κ2) is 7.13. The fourth-order valence-corrected chi connectivity index (χ4v) is 3.38. The van der Waals surface area contributed by atoms with Gasteiger partial charge in [-0.3, -0.25) is 9.59 Å². The zero-order valence-electron chi connectivity index (χ0n) is 13.8. The maximum atomic E-state index is 12.5. The van der Waals surface area contributed by atoms with Gasteiger partial charge in [0.1, 0.15) is 0 Å². The number of aliphatic hydroxyl groups excluding tert-OH is 1. The maximum Gasteiger partial charge on any atom is 0.312 e. The van der Waals surface area contributed by atoms with E-state index in [2.05, 4.69) is 0 Å². The van der Waals surface area contributed by atoms with Gasteiger partial charge in [-0.1, -0.05) is 37.6 Å². The van der Waals surface area contributed by atoms with Crippen LogP contribution in [0.15, 0.2) is 24.3 Å². The van der Waals surface area contributed by atoms with Gasteiger partial charge in [0.25, 0.3) is 0 Å². The number of β-amino-alcohol motifs (C(OH)–C–C–N with tert-alkyl or cyclic N) is 1. The number of benzene rings is 1. The van der Waals surface area contributed by atoms with Crippen LogP contribution >= 0.6 is 0 Å². The van der Waals surface area contributed by atoms with Crippen molar-refractivity contribution < 1.29 is 19.8 Å². The number of hydrogen-bond acceptors (Lipinski definition) is 3. The van der Waals surface area contributed by atoms with Crippen molar-refractivity contribution in [1.29, 1.82) is 0 Å². The normalized spacial score (nSPS) is 24.5. The number of rotatable bonds is 5. The maximum absolute atomic E-state index is 12.5. The number of carboxylic acids is 1. The second-order valence-electron chi connectivity index (χ2n) is 6.42. The Hall–Kier alpha value is -1.88. The molecule has 0 aliphatic carbocycles. The molecule has 0 aromatic heterocycles. The quantitative estimate of drug-likeness (QED) is 0.870. The molecule has 0 spiro atoms. The van der Waals surface area contributed by atoms with Gasteiger partial charge >= 0.3 is 5.97 Å². The number of aliphatic carboxylic acids is 1. The molecule has 1 aromatic rings. The number of likely N-dealkylation sites (tertiary alicyclic amines) is 1. The zero-order valence-corrected chi connectivity index (χ0v) is 13.8. The lowest BCUT2D eigenvalue weighted by molar-refractivity contribution is -0.167. The Balaban J connectivity index is 2.06. The SMILES string of the molecule is CCC[C@]1(C(=O)O)CCN(C(=O)Cc2ccccc2C)C[C@@H]1O. The molecule has 5 heteroatoms. The highest BCUT2D eigenvalue weighted by molar-refractivity contribution is 5.80. The smallest absolute Gasteiger partial charge is 0.312 e. The van der Waals surface area contributed by atoms with Crippen molar-refractivity contribution in [2.24, 2.45) is 5.41 Å². The minimum absolute atomic E-state index is 0.0613. The summed E-state index contributed by atoms with van der Waals surface area (Å²) >= 11 is 0. The van der Waals surface area contributed by atoms with Gasteiger partial charge < -0.3 is 15.1 Å². The first-order valence-electron chi connectivity index (χ1n) is 8.14. The third kappa shape index (κ3) is 3.55. The highest BCUT2D eigenvalue weighted by Gasteiger charge is 2.48. The van der Waals surface area contributed by atoms with Crippen molar-refractivity contribution in [2.45, 2.75) is 45.6 Å². The number of hydrogen-bond donors (Lipinski definition) is 2. The zero-order chi connectivity index (χ0) is 17.0. The van der Waals surface area contributed by atoms with E-state index in [0.717, 1.165) is 11.1 Å². The van der Waals surface area contributed by atoms with E-state index < -0.39 is 17.5 Å². The van der Waals surface area contributed by atoms with Crippen molar-refractivity contribution in [1.82, 2.24) is 4.90 Å². The third-order valence-electron chi connectivity index (χ3n) is 4.94. The van der Waals surface area contributed by atoms with Crippen LogP contribution in [0.3, 0.4) is 0 Å². The van der Waals surface area contributed by atoms with Gasteiger partial charge in [-0.05, 0) is 30.9 Å². The Morgan fingerprint density at radius 3 is 2.61 bits per heavy atom. The van der Waals surface area contributed by atoms with Gasteiger partial charge in [-0.25, -0.2) is 0 Å². The molecular weight excluding hydrogens is 294 g/mol. The van der Waals surface area contributed by atoms with E-state index in [1.165, 1.54) is 0 Å². The van der Waals surface area contributed by atoms with E-state index in [-0.39, 0.29) is 18.9 Å². The van der Waals surface area contributed by atoms with Crippen molar-refractivity contribution >= 4 is 11.9 Å². The standard InChI is InChI=1S/C18H25NO4/c1-3-8-18(17(22)23)9-10-19(12-15(18)20)16(21)11-14-7-5-4-6-13(14)2/h4-7,15,20H,3,8-12H2,1-2H3,(H,22,23)/t15-,18-/m0/s1. The molecule has 126 valence electrons. The minimum Gasteiger partial charge on any atom is -0.481 e. The summed E-state index contributed by atoms with van der Waals surface area (Å²) in [5.41, 5.74) is 0.911. The summed E-state index contributed by atoms with van der Waals surface area (Å²) in [5, 5.41) is 19.9. The van der Waals surface area contributed by atoms with Crippen LogP contribution in [0.2, 0.25) is 0 Å². The highest BCUT2D eigenvalue weighted by atomic mass is 16.4. The first kappa shape index (κ1) is 17.5. The summed E-state index contributed by atoms with van der Waals surface area (Å²) in [6.07, 6.45) is 0.697. The average molecular weight is 319 g/mol. The molecule has 0 unspecified atom stereocenters. The van der Waals surface area contributed by atoms with Gasteiger partial charge in [0.05, 0.1) is 17.9 Å². The van der Waals surface area contributed by atoms with Crippen LogP contribution < -0.4 is 0 Å². The third-order valence-corrected chi connectivity index (χ3v) is 4.94. The molecule has 23 heavy (non-hydrogen) atoms. The van der Waals surface area contributed by atoms with Gasteiger partial charge in [-0.15, -0.1) is 0 Å². The first-order valence-corrected chi connectivity index (χ1v) is 8.14. The molecule has 1 saturated heterocycles.